The fourth-order valence-corrected chi connectivity index (χ4v) is 3.49. The molecule has 0 radical (unpaired) electrons. The van der Waals surface area contributed by atoms with Gasteiger partial charge >= 0.3 is 12.2 Å². The van der Waals surface area contributed by atoms with E-state index in [4.69, 9.17) is 0 Å². The van der Waals surface area contributed by atoms with E-state index in [0.717, 1.165) is 5.56 Å². The lowest BCUT2D eigenvalue weighted by molar-refractivity contribution is -0.200. The van der Waals surface area contributed by atoms with Crippen molar-refractivity contribution in [2.24, 2.45) is 0 Å². The Bertz CT molecular complexity index is 1030. The Morgan fingerprint density at radius 3 is 2.06 bits per heavy atom. The number of alkyl halides is 3. The first-order valence-corrected chi connectivity index (χ1v) is 9.98. The van der Waals surface area contributed by atoms with Crippen molar-refractivity contribution in [3.05, 3.63) is 71.3 Å². The second-order valence-corrected chi connectivity index (χ2v) is 8.72. The van der Waals surface area contributed by atoms with Gasteiger partial charge in [0.15, 0.2) is 0 Å². The van der Waals surface area contributed by atoms with Crippen molar-refractivity contribution in [1.29, 1.82) is 0 Å². The highest BCUT2D eigenvalue weighted by Crippen LogP contribution is 2.37. The van der Waals surface area contributed by atoms with Gasteiger partial charge in [-0.05, 0) is 35.6 Å². The predicted molar refractivity (Wildman–Crippen MR) is 112 cm³/mol. The van der Waals surface area contributed by atoms with E-state index in [1.54, 1.807) is 53.1 Å². The Morgan fingerprint density at radius 2 is 1.56 bits per heavy atom. The maximum absolute atomic E-state index is 14.1. The third-order valence-electron chi connectivity index (χ3n) is 5.46. The molecule has 0 unspecified atom stereocenters. The van der Waals surface area contributed by atoms with Crippen LogP contribution in [-0.2, 0) is 10.2 Å². The van der Waals surface area contributed by atoms with Crippen molar-refractivity contribution in [2.75, 3.05) is 0 Å². The second kappa shape index (κ2) is 7.96. The van der Waals surface area contributed by atoms with Crippen LogP contribution in [-0.4, -0.2) is 34.6 Å². The Labute approximate surface area is 183 Å². The Balaban J connectivity index is 1.93. The summed E-state index contributed by atoms with van der Waals surface area (Å²) >= 11 is 0. The van der Waals surface area contributed by atoms with Crippen LogP contribution in [0.25, 0.3) is 0 Å². The quantitative estimate of drug-likeness (QED) is 0.687. The summed E-state index contributed by atoms with van der Waals surface area (Å²) in [5, 5.41) is 3.41. The van der Waals surface area contributed by atoms with Crippen LogP contribution in [0.2, 0.25) is 0 Å². The first-order chi connectivity index (χ1) is 14.8. The summed E-state index contributed by atoms with van der Waals surface area (Å²) in [4.78, 5) is 38.6. The van der Waals surface area contributed by atoms with Gasteiger partial charge in [0.05, 0.1) is 6.04 Å². The minimum absolute atomic E-state index is 0.0711. The number of hydrogen-bond donors (Lipinski definition) is 2. The van der Waals surface area contributed by atoms with Crippen LogP contribution in [0, 0.1) is 0 Å². The molecule has 0 bridgehead atoms. The predicted octanol–water partition coefficient (Wildman–Crippen LogP) is 4.29. The van der Waals surface area contributed by atoms with Gasteiger partial charge in [0.1, 0.15) is 0 Å². The van der Waals surface area contributed by atoms with E-state index in [1.165, 1.54) is 19.1 Å². The Hall–Kier alpha value is -3.36. The normalized spacial score (nSPS) is 20.2. The number of nitrogens with one attached hydrogen (secondary N) is 2. The van der Waals surface area contributed by atoms with Gasteiger partial charge in [0.2, 0.25) is 0 Å². The minimum Gasteiger partial charge on any atom is -0.314 e. The van der Waals surface area contributed by atoms with Crippen molar-refractivity contribution in [1.82, 2.24) is 15.5 Å². The zero-order valence-corrected chi connectivity index (χ0v) is 18.1. The van der Waals surface area contributed by atoms with Gasteiger partial charge in [0, 0.05) is 5.56 Å². The lowest BCUT2D eigenvalue weighted by atomic mass is 9.86. The summed E-state index contributed by atoms with van der Waals surface area (Å²) in [5.74, 6) is -2.73. The number of benzene rings is 2. The van der Waals surface area contributed by atoms with E-state index < -0.39 is 35.7 Å². The van der Waals surface area contributed by atoms with E-state index in [1.807, 2.05) is 20.8 Å². The van der Waals surface area contributed by atoms with Crippen molar-refractivity contribution in [2.45, 2.75) is 51.0 Å². The Kier molecular flexibility index (Phi) is 5.80. The molecule has 1 fully saturated rings. The van der Waals surface area contributed by atoms with E-state index in [-0.39, 0.29) is 11.0 Å². The molecule has 3 rings (SSSR count). The monoisotopic (exact) mass is 447 g/mol. The highest BCUT2D eigenvalue weighted by Gasteiger charge is 2.69. The molecule has 1 aliphatic rings. The molecule has 1 heterocycles. The second-order valence-electron chi connectivity index (χ2n) is 8.72. The van der Waals surface area contributed by atoms with Crippen LogP contribution in [0.5, 0.6) is 0 Å². The summed E-state index contributed by atoms with van der Waals surface area (Å²) in [6.45, 7) is 7.30. The summed E-state index contributed by atoms with van der Waals surface area (Å²) in [6.07, 6.45) is -5.27. The minimum atomic E-state index is -5.27. The smallest absolute Gasteiger partial charge is 0.314 e. The molecule has 1 saturated heterocycles. The van der Waals surface area contributed by atoms with Gasteiger partial charge in [-0.25, -0.2) is 4.79 Å². The summed E-state index contributed by atoms with van der Waals surface area (Å²) in [6, 6.07) is 12.0. The molecule has 0 aromatic heterocycles. The van der Waals surface area contributed by atoms with Gasteiger partial charge < -0.3 is 5.32 Å². The number of hydrogen-bond acceptors (Lipinski definition) is 3. The first kappa shape index (κ1) is 23.3. The van der Waals surface area contributed by atoms with E-state index >= 15 is 0 Å². The molecular weight excluding hydrogens is 423 g/mol. The summed E-state index contributed by atoms with van der Waals surface area (Å²) in [7, 11) is 0. The standard InChI is InChI=1S/C23H24F3N3O3/c1-14(15-8-6-5-7-9-15)29-19(31)22(23(24,25)26,28-20(29)32)27-18(30)16-10-12-17(13-11-16)21(2,3)4/h5-14H,1-4H3,(H,27,30)(H,28,32)/t14-,22-/m0/s1. The fourth-order valence-electron chi connectivity index (χ4n) is 3.49. The van der Waals surface area contributed by atoms with E-state index in [9.17, 15) is 27.6 Å². The molecule has 2 aromatic carbocycles. The molecule has 0 saturated carbocycles. The maximum atomic E-state index is 14.1. The summed E-state index contributed by atoms with van der Waals surface area (Å²) in [5.41, 5.74) is -2.50. The number of imide groups is 1. The number of rotatable bonds is 4. The average Bonchev–Trinajstić information content (AvgIpc) is 2.98. The van der Waals surface area contributed by atoms with Crippen LogP contribution in [0.15, 0.2) is 54.6 Å². The zero-order valence-electron chi connectivity index (χ0n) is 18.1. The topological polar surface area (TPSA) is 78.5 Å². The number of carbonyl (C=O) groups excluding carboxylic acids is 3. The largest absolute Gasteiger partial charge is 0.440 e. The van der Waals surface area contributed by atoms with Gasteiger partial charge in [-0.3, -0.25) is 19.8 Å². The van der Waals surface area contributed by atoms with Crippen LogP contribution in [0.3, 0.4) is 0 Å². The average molecular weight is 447 g/mol. The van der Waals surface area contributed by atoms with Crippen molar-refractivity contribution >= 4 is 17.8 Å². The number of amides is 4. The third kappa shape index (κ3) is 4.06. The van der Waals surface area contributed by atoms with Gasteiger partial charge in [0.25, 0.3) is 17.5 Å². The van der Waals surface area contributed by atoms with Crippen molar-refractivity contribution in [3.63, 3.8) is 0 Å². The number of carbonyl (C=O) groups is 3. The molecular formula is C23H24F3N3O3. The molecule has 32 heavy (non-hydrogen) atoms. The zero-order chi connectivity index (χ0) is 23.9. The number of nitrogens with zero attached hydrogens (tertiary/aromatic N) is 1. The van der Waals surface area contributed by atoms with Crippen LogP contribution >= 0.6 is 0 Å². The van der Waals surface area contributed by atoms with E-state index in [0.29, 0.717) is 10.5 Å². The third-order valence-corrected chi connectivity index (χ3v) is 5.46. The Morgan fingerprint density at radius 1 is 1.00 bits per heavy atom. The number of urea groups is 1. The van der Waals surface area contributed by atoms with Crippen LogP contribution in [0.4, 0.5) is 18.0 Å². The molecule has 4 amide bonds. The van der Waals surface area contributed by atoms with Crippen molar-refractivity contribution < 1.29 is 27.6 Å². The molecule has 2 atom stereocenters. The molecule has 2 aromatic rings. The molecule has 2 N–H and O–H groups in total. The number of halogens is 3. The lowest BCUT2D eigenvalue weighted by Crippen LogP contribution is -2.69. The lowest BCUT2D eigenvalue weighted by Gasteiger charge is -2.30. The molecule has 9 heteroatoms. The first-order valence-electron chi connectivity index (χ1n) is 9.98. The van der Waals surface area contributed by atoms with Crippen LogP contribution in [0.1, 0.15) is 55.2 Å². The molecule has 6 nitrogen and oxygen atoms in total. The highest BCUT2D eigenvalue weighted by atomic mass is 19.4. The van der Waals surface area contributed by atoms with E-state index in [2.05, 4.69) is 0 Å². The highest BCUT2D eigenvalue weighted by molar-refractivity contribution is 6.10. The van der Waals surface area contributed by atoms with Gasteiger partial charge in [-0.1, -0.05) is 63.2 Å². The molecule has 0 spiro atoms. The van der Waals surface area contributed by atoms with Crippen LogP contribution < -0.4 is 10.6 Å². The fraction of sp³-hybridized carbons (Fsp3) is 0.348. The summed E-state index contributed by atoms with van der Waals surface area (Å²) < 4.78 is 42.3. The molecule has 1 aliphatic heterocycles. The van der Waals surface area contributed by atoms with Crippen molar-refractivity contribution in [3.8, 4) is 0 Å². The SMILES string of the molecule is C[C@@H](c1ccccc1)N1C(=O)N[C@](NC(=O)c2ccc(C(C)(C)C)cc2)(C(F)(F)F)C1=O. The van der Waals surface area contributed by atoms with Gasteiger partial charge in [-0.15, -0.1) is 0 Å². The molecule has 0 aliphatic carbocycles. The van der Waals surface area contributed by atoms with Gasteiger partial charge in [-0.2, -0.15) is 13.2 Å². The molecule has 170 valence electrons. The maximum Gasteiger partial charge on any atom is 0.440 e.